The number of hydrogen-bond acceptors (Lipinski definition) is 4. The Morgan fingerprint density at radius 2 is 1.88 bits per heavy atom. The van der Waals surface area contributed by atoms with Gasteiger partial charge in [-0.3, -0.25) is 9.59 Å². The first kappa shape index (κ1) is 19.2. The molecule has 2 amide bonds. The first-order chi connectivity index (χ1) is 11.4. The Hall–Kier alpha value is -2.10. The van der Waals surface area contributed by atoms with Gasteiger partial charge in [0.15, 0.2) is 0 Å². The second-order valence-corrected chi connectivity index (χ2v) is 7.79. The Balaban J connectivity index is 2.33. The topological polar surface area (TPSA) is 74.8 Å². The third kappa shape index (κ3) is 3.63. The average Bonchev–Trinajstić information content (AvgIpc) is 2.69. The smallest absolute Gasteiger partial charge is 0.341 e. The van der Waals surface area contributed by atoms with Gasteiger partial charge in [-0.25, -0.2) is 12.7 Å². The van der Waals surface area contributed by atoms with Crippen LogP contribution in [0.15, 0.2) is 23.1 Å². The van der Waals surface area contributed by atoms with E-state index < -0.39 is 47.0 Å². The predicted octanol–water partition coefficient (Wildman–Crippen LogP) is 2.26. The van der Waals surface area contributed by atoms with Gasteiger partial charge in [0.05, 0.1) is 12.0 Å². The minimum atomic E-state index is -4.40. The van der Waals surface area contributed by atoms with E-state index in [1.54, 1.807) is 0 Å². The van der Waals surface area contributed by atoms with E-state index in [0.717, 1.165) is 15.3 Å². The summed E-state index contributed by atoms with van der Waals surface area (Å²) in [6, 6.07) is 2.89. The molecule has 6 nitrogen and oxygen atoms in total. The van der Waals surface area contributed by atoms with Crippen LogP contribution in [0.3, 0.4) is 0 Å². The molecule has 0 fully saturated rings. The van der Waals surface area contributed by atoms with Gasteiger partial charge in [0.1, 0.15) is 4.90 Å². The van der Waals surface area contributed by atoms with E-state index in [9.17, 15) is 31.2 Å². The number of halogens is 3. The van der Waals surface area contributed by atoms with Gasteiger partial charge in [-0.15, -0.1) is 0 Å². The molecule has 2 rings (SSSR count). The zero-order valence-electron chi connectivity index (χ0n) is 13.8. The predicted molar refractivity (Wildman–Crippen MR) is 82.6 cm³/mol. The molecule has 0 spiro atoms. The molecule has 0 saturated heterocycles. The number of alkyl halides is 3. The number of amides is 2. The molecule has 10 heteroatoms. The van der Waals surface area contributed by atoms with Gasteiger partial charge in [0, 0.05) is 25.2 Å². The number of carbonyl (C=O) groups is 2. The number of sulfonamides is 1. The van der Waals surface area contributed by atoms with Crippen LogP contribution in [-0.4, -0.2) is 55.2 Å². The molecule has 1 aliphatic heterocycles. The van der Waals surface area contributed by atoms with Crippen LogP contribution in [0, 0.1) is 0 Å². The van der Waals surface area contributed by atoms with Crippen molar-refractivity contribution in [1.82, 2.24) is 9.21 Å². The normalized spacial score (nSPS) is 16.3. The summed E-state index contributed by atoms with van der Waals surface area (Å²) >= 11 is 0. The molecular weight excluding hydrogens is 361 g/mol. The number of hydrogen-bond donors (Lipinski definition) is 0. The number of nitrogens with zero attached hydrogens (tertiary/aromatic N) is 2. The van der Waals surface area contributed by atoms with Gasteiger partial charge < -0.3 is 4.90 Å². The molecule has 1 aromatic rings. The SMILES string of the molecule is CC(C)N1C(=O)c2ccc(C(=O)N(C)CCC(F)(F)F)cc2S1(=O)=O. The van der Waals surface area contributed by atoms with Crippen LogP contribution in [0.4, 0.5) is 13.2 Å². The van der Waals surface area contributed by atoms with Crippen LogP contribution >= 0.6 is 0 Å². The van der Waals surface area contributed by atoms with Crippen molar-refractivity contribution in [2.24, 2.45) is 0 Å². The van der Waals surface area contributed by atoms with Crippen molar-refractivity contribution in [3.05, 3.63) is 29.3 Å². The van der Waals surface area contributed by atoms with E-state index in [2.05, 4.69) is 0 Å². The fourth-order valence-corrected chi connectivity index (χ4v) is 4.30. The molecular formula is C15H17F3N2O4S. The van der Waals surface area contributed by atoms with E-state index in [1.165, 1.54) is 33.0 Å². The Kier molecular flexibility index (Phi) is 4.86. The molecule has 138 valence electrons. The fourth-order valence-electron chi connectivity index (χ4n) is 2.51. The van der Waals surface area contributed by atoms with Crippen molar-refractivity contribution < 1.29 is 31.2 Å². The largest absolute Gasteiger partial charge is 0.390 e. The summed E-state index contributed by atoms with van der Waals surface area (Å²) in [6.45, 7) is 2.53. The molecule has 0 saturated carbocycles. The lowest BCUT2D eigenvalue weighted by molar-refractivity contribution is -0.136. The van der Waals surface area contributed by atoms with Crippen LogP contribution in [-0.2, 0) is 10.0 Å². The highest BCUT2D eigenvalue weighted by Gasteiger charge is 2.43. The molecule has 0 unspecified atom stereocenters. The molecule has 1 aliphatic rings. The quantitative estimate of drug-likeness (QED) is 0.806. The van der Waals surface area contributed by atoms with E-state index in [4.69, 9.17) is 0 Å². The lowest BCUT2D eigenvalue weighted by Gasteiger charge is -2.19. The molecule has 0 aromatic heterocycles. The number of benzene rings is 1. The maximum absolute atomic E-state index is 12.5. The summed E-state index contributed by atoms with van der Waals surface area (Å²) in [5.41, 5.74) is -0.145. The zero-order chi connectivity index (χ0) is 19.2. The lowest BCUT2D eigenvalue weighted by Crippen LogP contribution is -2.36. The Labute approximate surface area is 143 Å². The van der Waals surface area contributed by atoms with Gasteiger partial charge in [0.2, 0.25) is 0 Å². The Morgan fingerprint density at radius 1 is 1.28 bits per heavy atom. The third-order valence-electron chi connectivity index (χ3n) is 3.74. The summed E-state index contributed by atoms with van der Waals surface area (Å²) in [5, 5.41) is 0. The van der Waals surface area contributed by atoms with E-state index in [1.807, 2.05) is 0 Å². The van der Waals surface area contributed by atoms with Crippen LogP contribution in [0.2, 0.25) is 0 Å². The first-order valence-electron chi connectivity index (χ1n) is 7.41. The average molecular weight is 378 g/mol. The van der Waals surface area contributed by atoms with Crippen molar-refractivity contribution in [3.8, 4) is 0 Å². The highest BCUT2D eigenvalue weighted by Crippen LogP contribution is 2.32. The first-order valence-corrected chi connectivity index (χ1v) is 8.85. The van der Waals surface area contributed by atoms with Crippen molar-refractivity contribution >= 4 is 21.8 Å². The lowest BCUT2D eigenvalue weighted by atomic mass is 10.1. The molecule has 25 heavy (non-hydrogen) atoms. The van der Waals surface area contributed by atoms with Gasteiger partial charge in [-0.1, -0.05) is 0 Å². The van der Waals surface area contributed by atoms with Crippen molar-refractivity contribution in [3.63, 3.8) is 0 Å². The van der Waals surface area contributed by atoms with Crippen LogP contribution in [0.1, 0.15) is 41.0 Å². The molecule has 1 heterocycles. The molecule has 0 aliphatic carbocycles. The summed E-state index contributed by atoms with van der Waals surface area (Å²) < 4.78 is 62.5. The molecule has 0 radical (unpaired) electrons. The Bertz CT molecular complexity index is 819. The minimum Gasteiger partial charge on any atom is -0.341 e. The highest BCUT2D eigenvalue weighted by molar-refractivity contribution is 7.90. The van der Waals surface area contributed by atoms with E-state index in [0.29, 0.717) is 0 Å². The van der Waals surface area contributed by atoms with Gasteiger partial charge >= 0.3 is 6.18 Å². The Morgan fingerprint density at radius 3 is 2.40 bits per heavy atom. The number of carbonyl (C=O) groups excluding carboxylic acids is 2. The second kappa shape index (κ2) is 6.32. The highest BCUT2D eigenvalue weighted by atomic mass is 32.2. The van der Waals surface area contributed by atoms with Crippen molar-refractivity contribution in [1.29, 1.82) is 0 Å². The maximum atomic E-state index is 12.5. The maximum Gasteiger partial charge on any atom is 0.390 e. The van der Waals surface area contributed by atoms with Crippen molar-refractivity contribution in [2.45, 2.75) is 37.4 Å². The van der Waals surface area contributed by atoms with Gasteiger partial charge in [-0.2, -0.15) is 13.2 Å². The summed E-state index contributed by atoms with van der Waals surface area (Å²) in [7, 11) is -2.88. The monoisotopic (exact) mass is 378 g/mol. The van der Waals surface area contributed by atoms with E-state index in [-0.39, 0.29) is 16.0 Å². The molecule has 0 bridgehead atoms. The van der Waals surface area contributed by atoms with Gasteiger partial charge in [-0.05, 0) is 32.0 Å². The van der Waals surface area contributed by atoms with Crippen molar-refractivity contribution in [2.75, 3.05) is 13.6 Å². The zero-order valence-corrected chi connectivity index (χ0v) is 14.6. The summed E-state index contributed by atoms with van der Waals surface area (Å²) in [5.74, 6) is -1.44. The molecule has 0 atom stereocenters. The standard InChI is InChI=1S/C15H17F3N2O4S/c1-9(2)20-14(22)11-5-4-10(8-12(11)25(20,23)24)13(21)19(3)7-6-15(16,17)18/h4-5,8-9H,6-7H2,1-3H3. The third-order valence-corrected chi connectivity index (χ3v) is 5.74. The molecule has 1 aromatic carbocycles. The fraction of sp³-hybridized carbons (Fsp3) is 0.467. The summed E-state index contributed by atoms with van der Waals surface area (Å²) in [4.78, 5) is 25.0. The van der Waals surface area contributed by atoms with Crippen LogP contribution in [0.25, 0.3) is 0 Å². The second-order valence-electron chi connectivity index (χ2n) is 6.00. The van der Waals surface area contributed by atoms with E-state index >= 15 is 0 Å². The van der Waals surface area contributed by atoms with Gasteiger partial charge in [0.25, 0.3) is 21.8 Å². The minimum absolute atomic E-state index is 0.0526. The number of fused-ring (bicyclic) bond motifs is 1. The molecule has 0 N–H and O–H groups in total. The van der Waals surface area contributed by atoms with Crippen LogP contribution < -0.4 is 0 Å². The summed E-state index contributed by atoms with van der Waals surface area (Å²) in [6.07, 6.45) is -5.57. The number of rotatable bonds is 4. The van der Waals surface area contributed by atoms with Crippen LogP contribution in [0.5, 0.6) is 0 Å².